The van der Waals surface area contributed by atoms with E-state index >= 15 is 0 Å². The van der Waals surface area contributed by atoms with Gasteiger partial charge in [0.1, 0.15) is 0 Å². The summed E-state index contributed by atoms with van der Waals surface area (Å²) >= 11 is 0. The Bertz CT molecular complexity index is 1810. The third-order valence-corrected chi connectivity index (χ3v) is 8.92. The summed E-state index contributed by atoms with van der Waals surface area (Å²) in [6.07, 6.45) is 0. The van der Waals surface area contributed by atoms with Gasteiger partial charge in [0.05, 0.1) is 11.4 Å². The van der Waals surface area contributed by atoms with Crippen molar-refractivity contribution in [1.82, 2.24) is 0 Å². The number of hydrogen-bond donors (Lipinski definition) is 0. The van der Waals surface area contributed by atoms with Gasteiger partial charge < -0.3 is 4.90 Å². The molecule has 0 spiro atoms. The van der Waals surface area contributed by atoms with Gasteiger partial charge in [-0.15, -0.1) is 0 Å². The second kappa shape index (κ2) is 7.68. The van der Waals surface area contributed by atoms with Gasteiger partial charge in [-0.2, -0.15) is 0 Å². The van der Waals surface area contributed by atoms with E-state index in [0.29, 0.717) is 0 Å². The summed E-state index contributed by atoms with van der Waals surface area (Å²) in [6, 6.07) is 35.2. The van der Waals surface area contributed by atoms with Crippen molar-refractivity contribution in [2.75, 3.05) is 4.90 Å². The maximum absolute atomic E-state index is 12.2. The number of para-hydroxylation sites is 1. The van der Waals surface area contributed by atoms with E-state index in [4.69, 9.17) is 0 Å². The molecule has 5 aromatic rings. The summed E-state index contributed by atoms with van der Waals surface area (Å²) in [5.41, 5.74) is 11.7. The summed E-state index contributed by atoms with van der Waals surface area (Å²) in [7, 11) is 0. The standard InChI is InChI=1S/C36H31NO/c1-22(38)24-15-17-27-28-20-32-34(21-31(28)36(4,5)30(27)19-24)37(33-13-9-8-12-29(33)35(32,2)3)26-16-14-23-10-6-7-11-25(23)18-26/h6-21H,1-5H3. The molecule has 0 fully saturated rings. The first kappa shape index (κ1) is 23.0. The van der Waals surface area contributed by atoms with Crippen LogP contribution in [0.4, 0.5) is 17.1 Å². The maximum atomic E-state index is 12.2. The van der Waals surface area contributed by atoms with Crippen molar-refractivity contribution in [3.8, 4) is 11.1 Å². The van der Waals surface area contributed by atoms with E-state index in [1.54, 1.807) is 6.92 Å². The highest BCUT2D eigenvalue weighted by molar-refractivity contribution is 5.97. The van der Waals surface area contributed by atoms with Crippen LogP contribution in [0.15, 0.2) is 97.1 Å². The molecule has 0 bridgehead atoms. The first-order valence-corrected chi connectivity index (χ1v) is 13.4. The van der Waals surface area contributed by atoms with Crippen molar-refractivity contribution in [2.45, 2.75) is 45.4 Å². The maximum Gasteiger partial charge on any atom is 0.159 e. The van der Waals surface area contributed by atoms with Crippen LogP contribution in [0.2, 0.25) is 0 Å². The molecular weight excluding hydrogens is 462 g/mol. The zero-order valence-electron chi connectivity index (χ0n) is 22.6. The van der Waals surface area contributed by atoms with E-state index in [1.165, 1.54) is 61.2 Å². The largest absolute Gasteiger partial charge is 0.310 e. The van der Waals surface area contributed by atoms with E-state index in [0.717, 1.165) is 5.56 Å². The lowest BCUT2D eigenvalue weighted by atomic mass is 9.71. The molecule has 1 heterocycles. The number of benzene rings is 5. The summed E-state index contributed by atoms with van der Waals surface area (Å²) < 4.78 is 0. The monoisotopic (exact) mass is 493 g/mol. The molecule has 1 aliphatic carbocycles. The van der Waals surface area contributed by atoms with E-state index < -0.39 is 0 Å². The number of Topliss-reactive ketones (excluding diaryl/α,β-unsaturated/α-hetero) is 1. The second-order valence-electron chi connectivity index (χ2n) is 11.9. The molecule has 0 unspecified atom stereocenters. The van der Waals surface area contributed by atoms with E-state index in [2.05, 4.69) is 124 Å². The molecule has 2 aliphatic rings. The predicted octanol–water partition coefficient (Wildman–Crippen LogP) is 9.46. The van der Waals surface area contributed by atoms with Gasteiger partial charge in [0.15, 0.2) is 5.78 Å². The van der Waals surface area contributed by atoms with E-state index in [9.17, 15) is 4.79 Å². The number of carbonyl (C=O) groups is 1. The Kier molecular flexibility index (Phi) is 4.64. The lowest BCUT2D eigenvalue weighted by Crippen LogP contribution is -2.31. The van der Waals surface area contributed by atoms with Crippen LogP contribution in [0, 0.1) is 0 Å². The molecule has 186 valence electrons. The molecule has 0 saturated carbocycles. The van der Waals surface area contributed by atoms with Crippen LogP contribution in [0.3, 0.4) is 0 Å². The van der Waals surface area contributed by atoms with Crippen molar-refractivity contribution in [3.63, 3.8) is 0 Å². The van der Waals surface area contributed by atoms with Crippen molar-refractivity contribution in [1.29, 1.82) is 0 Å². The number of nitrogens with zero attached hydrogens (tertiary/aromatic N) is 1. The van der Waals surface area contributed by atoms with Crippen LogP contribution >= 0.6 is 0 Å². The fraction of sp³-hybridized carbons (Fsp3) is 0.194. The highest BCUT2D eigenvalue weighted by atomic mass is 16.1. The molecule has 2 heteroatoms. The molecule has 5 aromatic carbocycles. The van der Waals surface area contributed by atoms with Crippen LogP contribution in [0.25, 0.3) is 21.9 Å². The van der Waals surface area contributed by atoms with Crippen molar-refractivity contribution in [2.24, 2.45) is 0 Å². The van der Waals surface area contributed by atoms with E-state index in [-0.39, 0.29) is 16.6 Å². The normalized spacial score (nSPS) is 16.0. The average molecular weight is 494 g/mol. The Morgan fingerprint density at radius 2 is 1.26 bits per heavy atom. The molecule has 38 heavy (non-hydrogen) atoms. The van der Waals surface area contributed by atoms with Crippen molar-refractivity contribution < 1.29 is 4.79 Å². The Morgan fingerprint density at radius 3 is 2.05 bits per heavy atom. The molecule has 7 rings (SSSR count). The smallest absolute Gasteiger partial charge is 0.159 e. The lowest BCUT2D eigenvalue weighted by molar-refractivity contribution is 0.101. The van der Waals surface area contributed by atoms with Crippen LogP contribution in [0.1, 0.15) is 67.2 Å². The molecule has 0 atom stereocenters. The van der Waals surface area contributed by atoms with Gasteiger partial charge >= 0.3 is 0 Å². The third kappa shape index (κ3) is 3.04. The molecular formula is C36H31NO. The molecule has 1 aliphatic heterocycles. The van der Waals surface area contributed by atoms with Gasteiger partial charge in [-0.25, -0.2) is 0 Å². The minimum atomic E-state index is -0.207. The zero-order chi connectivity index (χ0) is 26.4. The quantitative estimate of drug-likeness (QED) is 0.228. The first-order valence-electron chi connectivity index (χ1n) is 13.4. The number of ketones is 1. The Morgan fingerprint density at radius 1 is 0.579 bits per heavy atom. The highest BCUT2D eigenvalue weighted by Gasteiger charge is 2.42. The highest BCUT2D eigenvalue weighted by Crippen LogP contribution is 2.57. The van der Waals surface area contributed by atoms with E-state index in [1.807, 2.05) is 6.07 Å². The fourth-order valence-electron chi connectivity index (χ4n) is 6.74. The van der Waals surface area contributed by atoms with Crippen molar-refractivity contribution in [3.05, 3.63) is 125 Å². The lowest BCUT2D eigenvalue weighted by Gasteiger charge is -2.43. The molecule has 0 amide bonds. The summed E-state index contributed by atoms with van der Waals surface area (Å²) in [5.74, 6) is 0.109. The molecule has 2 nitrogen and oxygen atoms in total. The number of hydrogen-bond acceptors (Lipinski definition) is 2. The number of anilines is 3. The topological polar surface area (TPSA) is 20.3 Å². The summed E-state index contributed by atoms with van der Waals surface area (Å²) in [6.45, 7) is 10.9. The second-order valence-corrected chi connectivity index (χ2v) is 11.9. The predicted molar refractivity (Wildman–Crippen MR) is 158 cm³/mol. The third-order valence-electron chi connectivity index (χ3n) is 8.92. The number of rotatable bonds is 2. The minimum Gasteiger partial charge on any atom is -0.310 e. The van der Waals surface area contributed by atoms with Crippen molar-refractivity contribution >= 4 is 33.6 Å². The van der Waals surface area contributed by atoms with Gasteiger partial charge in [0, 0.05) is 22.1 Å². The summed E-state index contributed by atoms with van der Waals surface area (Å²) in [5, 5.41) is 2.48. The Hall–Kier alpha value is -4.17. The van der Waals surface area contributed by atoms with Crippen LogP contribution < -0.4 is 4.90 Å². The molecule has 0 radical (unpaired) electrons. The van der Waals surface area contributed by atoms with Crippen LogP contribution in [-0.4, -0.2) is 5.78 Å². The Labute approximate surface area is 224 Å². The Balaban J connectivity index is 1.52. The molecule has 0 saturated heterocycles. The van der Waals surface area contributed by atoms with Gasteiger partial charge in [0.25, 0.3) is 0 Å². The van der Waals surface area contributed by atoms with Crippen LogP contribution in [0.5, 0.6) is 0 Å². The number of carbonyl (C=O) groups excluding carboxylic acids is 1. The van der Waals surface area contributed by atoms with Gasteiger partial charge in [-0.1, -0.05) is 88.4 Å². The fourth-order valence-corrected chi connectivity index (χ4v) is 6.74. The first-order chi connectivity index (χ1) is 18.2. The molecule has 0 aromatic heterocycles. The minimum absolute atomic E-state index is 0.109. The summed E-state index contributed by atoms with van der Waals surface area (Å²) in [4.78, 5) is 14.7. The number of fused-ring (bicyclic) bond motifs is 6. The average Bonchev–Trinajstić information content (AvgIpc) is 3.13. The zero-order valence-corrected chi connectivity index (χ0v) is 22.6. The van der Waals surface area contributed by atoms with Gasteiger partial charge in [-0.05, 0) is 87.5 Å². The van der Waals surface area contributed by atoms with Gasteiger partial charge in [-0.3, -0.25) is 4.79 Å². The SMILES string of the molecule is CC(=O)c1ccc2c(c1)C(C)(C)c1cc3c(cc1-2)C(C)(C)c1ccccc1N3c1ccc2ccccc2c1. The molecule has 0 N–H and O–H groups in total. The van der Waals surface area contributed by atoms with Crippen LogP contribution in [-0.2, 0) is 10.8 Å². The van der Waals surface area contributed by atoms with Gasteiger partial charge in [0.2, 0.25) is 0 Å².